The smallest absolute Gasteiger partial charge is 0.239 e. The van der Waals surface area contributed by atoms with Gasteiger partial charge in [0.1, 0.15) is 4.90 Å². The molecule has 17 heavy (non-hydrogen) atoms. The lowest BCUT2D eigenvalue weighted by atomic mass is 10.2. The third-order valence-electron chi connectivity index (χ3n) is 2.44. The zero-order chi connectivity index (χ0) is 12.5. The van der Waals surface area contributed by atoms with E-state index in [0.717, 1.165) is 16.1 Å². The van der Waals surface area contributed by atoms with Crippen molar-refractivity contribution in [2.24, 2.45) is 5.14 Å². The number of hydrogen-bond acceptors (Lipinski definition) is 4. The average molecular weight is 270 g/mol. The van der Waals surface area contributed by atoms with Crippen molar-refractivity contribution in [2.75, 3.05) is 6.54 Å². The van der Waals surface area contributed by atoms with E-state index in [1.807, 2.05) is 25.1 Å². The van der Waals surface area contributed by atoms with Gasteiger partial charge in [0.05, 0.1) is 0 Å². The molecule has 1 aromatic carbocycles. The molecule has 2 rings (SSSR count). The molecule has 0 atom stereocenters. The zero-order valence-electron chi connectivity index (χ0n) is 9.43. The van der Waals surface area contributed by atoms with Crippen LogP contribution in [0.3, 0.4) is 0 Å². The number of fused-ring (bicyclic) bond motifs is 1. The molecular formula is C11H14N2O2S2. The highest BCUT2D eigenvalue weighted by Crippen LogP contribution is 2.33. The molecule has 0 saturated carbocycles. The van der Waals surface area contributed by atoms with E-state index < -0.39 is 10.0 Å². The highest BCUT2D eigenvalue weighted by atomic mass is 32.2. The number of thiophene rings is 1. The summed E-state index contributed by atoms with van der Waals surface area (Å²) in [6.07, 6.45) is 0. The van der Waals surface area contributed by atoms with Gasteiger partial charge in [0.25, 0.3) is 0 Å². The number of nitrogens with one attached hydrogen (secondary N) is 1. The van der Waals surface area contributed by atoms with Gasteiger partial charge in [-0.15, -0.1) is 11.3 Å². The van der Waals surface area contributed by atoms with Crippen LogP contribution in [0, 0.1) is 0 Å². The molecular weight excluding hydrogens is 256 g/mol. The molecule has 92 valence electrons. The van der Waals surface area contributed by atoms with Crippen molar-refractivity contribution in [1.29, 1.82) is 0 Å². The quantitative estimate of drug-likeness (QED) is 0.887. The number of benzene rings is 1. The van der Waals surface area contributed by atoms with E-state index in [1.54, 1.807) is 6.07 Å². The Morgan fingerprint density at radius 2 is 2.06 bits per heavy atom. The molecule has 3 N–H and O–H groups in total. The first-order valence-corrected chi connectivity index (χ1v) is 7.64. The van der Waals surface area contributed by atoms with Gasteiger partial charge in [0, 0.05) is 21.5 Å². The second kappa shape index (κ2) is 4.73. The summed E-state index contributed by atoms with van der Waals surface area (Å²) in [6.45, 7) is 3.30. The molecule has 1 aromatic heterocycles. The summed E-state index contributed by atoms with van der Waals surface area (Å²) in [7, 11) is -3.68. The van der Waals surface area contributed by atoms with Crippen LogP contribution in [-0.4, -0.2) is 15.0 Å². The number of rotatable bonds is 4. The first-order chi connectivity index (χ1) is 8.04. The fourth-order valence-corrected chi connectivity index (χ4v) is 4.22. The highest BCUT2D eigenvalue weighted by Gasteiger charge is 2.20. The van der Waals surface area contributed by atoms with Crippen molar-refractivity contribution >= 4 is 31.4 Å². The monoisotopic (exact) mass is 270 g/mol. The third kappa shape index (κ3) is 2.50. The molecule has 0 bridgehead atoms. The Kier molecular flexibility index (Phi) is 3.48. The van der Waals surface area contributed by atoms with Gasteiger partial charge in [-0.25, -0.2) is 13.6 Å². The standard InChI is InChI=1S/C11H14N2O2S2/c1-2-13-7-10-11(17(12,14)15)8-5-3-4-6-9(8)16-10/h3-6,13H,2,7H2,1H3,(H2,12,14,15). The zero-order valence-corrected chi connectivity index (χ0v) is 11.1. The van der Waals surface area contributed by atoms with E-state index in [4.69, 9.17) is 5.14 Å². The number of primary sulfonamides is 1. The van der Waals surface area contributed by atoms with Gasteiger partial charge >= 0.3 is 0 Å². The van der Waals surface area contributed by atoms with Crippen molar-refractivity contribution in [1.82, 2.24) is 5.32 Å². The van der Waals surface area contributed by atoms with E-state index in [-0.39, 0.29) is 4.90 Å². The summed E-state index contributed by atoms with van der Waals surface area (Å²) in [4.78, 5) is 1.04. The maximum absolute atomic E-state index is 11.6. The minimum absolute atomic E-state index is 0.263. The van der Waals surface area contributed by atoms with Gasteiger partial charge < -0.3 is 5.32 Å². The van der Waals surface area contributed by atoms with Gasteiger partial charge in [0.2, 0.25) is 10.0 Å². The number of hydrogen-bond donors (Lipinski definition) is 2. The maximum Gasteiger partial charge on any atom is 0.239 e. The molecule has 2 aromatic rings. The normalized spacial score (nSPS) is 12.1. The van der Waals surface area contributed by atoms with Crippen LogP contribution in [0.2, 0.25) is 0 Å². The second-order valence-corrected chi connectivity index (χ2v) is 6.31. The van der Waals surface area contributed by atoms with Gasteiger partial charge in [-0.1, -0.05) is 25.1 Å². The van der Waals surface area contributed by atoms with Gasteiger partial charge in [-0.05, 0) is 12.6 Å². The molecule has 0 saturated heterocycles. The molecule has 4 nitrogen and oxygen atoms in total. The Labute approximate surface area is 104 Å². The SMILES string of the molecule is CCNCc1sc2ccccc2c1S(N)(=O)=O. The maximum atomic E-state index is 11.6. The molecule has 0 unspecified atom stereocenters. The van der Waals surface area contributed by atoms with Crippen LogP contribution in [0.4, 0.5) is 0 Å². The van der Waals surface area contributed by atoms with Crippen molar-refractivity contribution < 1.29 is 8.42 Å². The predicted molar refractivity (Wildman–Crippen MR) is 70.6 cm³/mol. The van der Waals surface area contributed by atoms with E-state index in [1.165, 1.54) is 11.3 Å². The largest absolute Gasteiger partial charge is 0.312 e. The Morgan fingerprint density at radius 1 is 1.35 bits per heavy atom. The topological polar surface area (TPSA) is 72.2 Å². The Hall–Kier alpha value is -0.950. The van der Waals surface area contributed by atoms with Crippen LogP contribution in [0.15, 0.2) is 29.2 Å². The van der Waals surface area contributed by atoms with Crippen molar-refractivity contribution in [3.05, 3.63) is 29.1 Å². The molecule has 0 aliphatic rings. The fraction of sp³-hybridized carbons (Fsp3) is 0.273. The Morgan fingerprint density at radius 3 is 2.71 bits per heavy atom. The first-order valence-electron chi connectivity index (χ1n) is 5.28. The summed E-state index contributed by atoms with van der Waals surface area (Å²) in [5.74, 6) is 0. The van der Waals surface area contributed by atoms with Crippen molar-refractivity contribution in [3.63, 3.8) is 0 Å². The van der Waals surface area contributed by atoms with Crippen molar-refractivity contribution in [3.8, 4) is 0 Å². The van der Waals surface area contributed by atoms with Gasteiger partial charge in [-0.2, -0.15) is 0 Å². The van der Waals surface area contributed by atoms with Crippen LogP contribution in [0.25, 0.3) is 10.1 Å². The van der Waals surface area contributed by atoms with Crippen LogP contribution in [0.1, 0.15) is 11.8 Å². The summed E-state index contributed by atoms with van der Waals surface area (Å²) < 4.78 is 24.2. The first kappa shape index (κ1) is 12.5. The minimum atomic E-state index is -3.68. The molecule has 0 aliphatic carbocycles. The van der Waals surface area contributed by atoms with E-state index in [0.29, 0.717) is 11.9 Å². The lowest BCUT2D eigenvalue weighted by molar-refractivity contribution is 0.597. The van der Waals surface area contributed by atoms with Crippen LogP contribution in [-0.2, 0) is 16.6 Å². The predicted octanol–water partition coefficient (Wildman–Crippen LogP) is 1.66. The lowest BCUT2D eigenvalue weighted by Gasteiger charge is -2.02. The number of sulfonamides is 1. The van der Waals surface area contributed by atoms with Crippen LogP contribution >= 0.6 is 11.3 Å². The Bertz CT molecular complexity index is 632. The summed E-state index contributed by atoms with van der Waals surface area (Å²) in [6, 6.07) is 7.41. The molecule has 0 radical (unpaired) electrons. The third-order valence-corrected chi connectivity index (χ3v) is 4.77. The number of nitrogens with two attached hydrogens (primary N) is 1. The van der Waals surface area contributed by atoms with Crippen LogP contribution < -0.4 is 10.5 Å². The van der Waals surface area contributed by atoms with Crippen molar-refractivity contribution in [2.45, 2.75) is 18.4 Å². The van der Waals surface area contributed by atoms with Crippen LogP contribution in [0.5, 0.6) is 0 Å². The average Bonchev–Trinajstić information content (AvgIpc) is 2.63. The van der Waals surface area contributed by atoms with E-state index in [2.05, 4.69) is 5.32 Å². The Balaban J connectivity index is 2.66. The van der Waals surface area contributed by atoms with E-state index in [9.17, 15) is 8.42 Å². The highest BCUT2D eigenvalue weighted by molar-refractivity contribution is 7.89. The molecule has 0 fully saturated rings. The lowest BCUT2D eigenvalue weighted by Crippen LogP contribution is -2.17. The van der Waals surface area contributed by atoms with Gasteiger partial charge in [-0.3, -0.25) is 0 Å². The summed E-state index contributed by atoms with van der Waals surface area (Å²) in [5, 5.41) is 9.14. The second-order valence-electron chi connectivity index (χ2n) is 3.68. The molecule has 0 amide bonds. The molecule has 6 heteroatoms. The van der Waals surface area contributed by atoms with E-state index >= 15 is 0 Å². The summed E-state index contributed by atoms with van der Waals surface area (Å²) >= 11 is 1.47. The molecule has 0 aliphatic heterocycles. The molecule has 1 heterocycles. The molecule has 0 spiro atoms. The minimum Gasteiger partial charge on any atom is -0.312 e. The summed E-state index contributed by atoms with van der Waals surface area (Å²) in [5.41, 5.74) is 0. The van der Waals surface area contributed by atoms with Gasteiger partial charge in [0.15, 0.2) is 0 Å². The fourth-order valence-electron chi connectivity index (χ4n) is 1.74.